The van der Waals surface area contributed by atoms with E-state index in [2.05, 4.69) is 20.9 Å². The highest BCUT2D eigenvalue weighted by molar-refractivity contribution is 9.10. The number of carbonyl (C=O) groups is 2. The smallest absolute Gasteiger partial charge is 0.344 e. The van der Waals surface area contributed by atoms with Crippen molar-refractivity contribution in [3.05, 3.63) is 83.0 Å². The minimum absolute atomic E-state index is 0.254. The maximum Gasteiger partial charge on any atom is 0.344 e. The normalized spacial score (nSPS) is 14.8. The van der Waals surface area contributed by atoms with E-state index in [-0.39, 0.29) is 30.5 Å². The lowest BCUT2D eigenvalue weighted by molar-refractivity contribution is -0.145. The molecule has 0 spiro atoms. The third kappa shape index (κ3) is 6.60. The summed E-state index contributed by atoms with van der Waals surface area (Å²) < 4.78 is 29.8. The summed E-state index contributed by atoms with van der Waals surface area (Å²) in [7, 11) is 3.02. The van der Waals surface area contributed by atoms with Crippen molar-refractivity contribution >= 4 is 45.3 Å². The maximum absolute atomic E-state index is 14.0. The van der Waals surface area contributed by atoms with Crippen LogP contribution in [0.25, 0.3) is 6.08 Å². The van der Waals surface area contributed by atoms with Crippen LogP contribution in [0.2, 0.25) is 0 Å². The van der Waals surface area contributed by atoms with Gasteiger partial charge in [-0.1, -0.05) is 33.3 Å². The van der Waals surface area contributed by atoms with Crippen molar-refractivity contribution in [3.63, 3.8) is 0 Å². The van der Waals surface area contributed by atoms with E-state index in [0.29, 0.717) is 43.4 Å². The number of allylic oxidation sites excluding steroid dienone is 1. The highest BCUT2D eigenvalue weighted by Gasteiger charge is 2.35. The molecule has 0 amide bonds. The predicted molar refractivity (Wildman–Crippen MR) is 161 cm³/mol. The summed E-state index contributed by atoms with van der Waals surface area (Å²) >= 11 is 4.71. The first-order valence-electron chi connectivity index (χ1n) is 13.1. The van der Waals surface area contributed by atoms with Crippen LogP contribution in [0, 0.1) is 0 Å². The number of hydrogen-bond donors (Lipinski definition) is 0. The molecule has 0 saturated heterocycles. The number of aromatic nitrogens is 1. The fraction of sp³-hybridized carbons (Fsp3) is 0.333. The molecular formula is C30H31BrN2O8S. The van der Waals surface area contributed by atoms with E-state index in [4.69, 9.17) is 23.7 Å². The third-order valence-corrected chi connectivity index (χ3v) is 7.68. The molecule has 12 heteroatoms. The lowest BCUT2D eigenvalue weighted by Crippen LogP contribution is -2.40. The number of benzene rings is 2. The van der Waals surface area contributed by atoms with Crippen LogP contribution in [0.3, 0.4) is 0 Å². The van der Waals surface area contributed by atoms with E-state index in [1.165, 1.54) is 30.1 Å². The van der Waals surface area contributed by atoms with Crippen molar-refractivity contribution < 1.29 is 33.3 Å². The largest absolute Gasteiger partial charge is 0.496 e. The first-order valence-corrected chi connectivity index (χ1v) is 14.7. The average molecular weight is 660 g/mol. The number of halogens is 1. The molecule has 3 aromatic rings. The van der Waals surface area contributed by atoms with Gasteiger partial charge in [0.05, 0.1) is 42.7 Å². The lowest BCUT2D eigenvalue weighted by Gasteiger charge is -2.26. The van der Waals surface area contributed by atoms with Gasteiger partial charge >= 0.3 is 11.9 Å². The van der Waals surface area contributed by atoms with Gasteiger partial charge in [-0.2, -0.15) is 0 Å². The van der Waals surface area contributed by atoms with E-state index in [1.54, 1.807) is 58.0 Å². The summed E-state index contributed by atoms with van der Waals surface area (Å²) in [6, 6.07) is 9.67. The molecule has 0 fully saturated rings. The van der Waals surface area contributed by atoms with Gasteiger partial charge in [0, 0.05) is 10.0 Å². The van der Waals surface area contributed by atoms with Gasteiger partial charge in [-0.05, 0) is 69.7 Å². The van der Waals surface area contributed by atoms with E-state index in [9.17, 15) is 14.4 Å². The second-order valence-electron chi connectivity index (χ2n) is 9.43. The Morgan fingerprint density at radius 3 is 2.48 bits per heavy atom. The van der Waals surface area contributed by atoms with Gasteiger partial charge < -0.3 is 23.7 Å². The molecule has 10 nitrogen and oxygen atoms in total. The van der Waals surface area contributed by atoms with Crippen LogP contribution in [0.1, 0.15) is 44.9 Å². The minimum Gasteiger partial charge on any atom is -0.496 e. The van der Waals surface area contributed by atoms with Gasteiger partial charge in [-0.15, -0.1) is 0 Å². The van der Waals surface area contributed by atoms with Gasteiger partial charge in [0.25, 0.3) is 5.56 Å². The number of nitrogens with zero attached hydrogens (tertiary/aromatic N) is 2. The third-order valence-electron chi connectivity index (χ3n) is 6.21. The molecule has 0 N–H and O–H groups in total. The Hall–Kier alpha value is -3.90. The number of ether oxygens (including phenoxy) is 5. The summed E-state index contributed by atoms with van der Waals surface area (Å²) in [6.07, 6.45) is 1.34. The molecule has 2 aromatic carbocycles. The molecule has 1 aliphatic rings. The zero-order valence-electron chi connectivity index (χ0n) is 24.1. The summed E-state index contributed by atoms with van der Waals surface area (Å²) in [5.74, 6) is 0.191. The van der Waals surface area contributed by atoms with Crippen molar-refractivity contribution in [2.45, 2.75) is 39.8 Å². The Morgan fingerprint density at radius 1 is 1.10 bits per heavy atom. The molecule has 1 atom stereocenters. The first kappa shape index (κ1) is 31.0. The second kappa shape index (κ2) is 13.4. The van der Waals surface area contributed by atoms with Crippen LogP contribution in [-0.2, 0) is 19.1 Å². The number of rotatable bonds is 10. The lowest BCUT2D eigenvalue weighted by atomic mass is 9.95. The fourth-order valence-electron chi connectivity index (χ4n) is 4.46. The SMILES string of the molecule is CCOC(=O)COc1ccc(/C=c2\sc3n(c2=O)[C@H](c2cc(Br)ccc2OC)C(C(=O)OC(C)C)=C(C)N=3)cc1OC. The molecule has 42 heavy (non-hydrogen) atoms. The quantitative estimate of drug-likeness (QED) is 0.301. The summed E-state index contributed by atoms with van der Waals surface area (Å²) in [4.78, 5) is 44.1. The Kier molecular flexibility index (Phi) is 9.89. The van der Waals surface area contributed by atoms with Crippen LogP contribution in [0.4, 0.5) is 0 Å². The summed E-state index contributed by atoms with van der Waals surface area (Å²) in [5, 5.41) is 0. The van der Waals surface area contributed by atoms with Crippen molar-refractivity contribution in [2.24, 2.45) is 4.99 Å². The number of esters is 2. The van der Waals surface area contributed by atoms with Crippen LogP contribution in [0.5, 0.6) is 17.2 Å². The minimum atomic E-state index is -0.838. The van der Waals surface area contributed by atoms with Gasteiger partial charge in [-0.3, -0.25) is 9.36 Å². The van der Waals surface area contributed by atoms with Crippen LogP contribution in [0.15, 0.2) is 61.9 Å². The number of thiazole rings is 1. The van der Waals surface area contributed by atoms with Crippen LogP contribution in [-0.4, -0.2) is 50.0 Å². The van der Waals surface area contributed by atoms with Crippen molar-refractivity contribution in [1.82, 2.24) is 4.57 Å². The van der Waals surface area contributed by atoms with Gasteiger partial charge in [0.2, 0.25) is 0 Å². The Labute approximate surface area is 255 Å². The highest BCUT2D eigenvalue weighted by Crippen LogP contribution is 2.37. The molecule has 1 aliphatic heterocycles. The Bertz CT molecular complexity index is 1720. The Balaban J connectivity index is 1.84. The molecule has 0 aliphatic carbocycles. The molecule has 4 rings (SSSR count). The molecule has 0 radical (unpaired) electrons. The summed E-state index contributed by atoms with van der Waals surface area (Å²) in [6.45, 7) is 6.96. The monoisotopic (exact) mass is 658 g/mol. The zero-order chi connectivity index (χ0) is 30.6. The highest BCUT2D eigenvalue weighted by atomic mass is 79.9. The molecular weight excluding hydrogens is 628 g/mol. The predicted octanol–water partition coefficient (Wildman–Crippen LogP) is 3.91. The maximum atomic E-state index is 14.0. The van der Waals surface area contributed by atoms with Gasteiger partial charge in [0.1, 0.15) is 11.8 Å². The molecule has 1 aromatic heterocycles. The molecule has 2 heterocycles. The topological polar surface area (TPSA) is 115 Å². The molecule has 0 saturated carbocycles. The number of methoxy groups -OCH3 is 2. The summed E-state index contributed by atoms with van der Waals surface area (Å²) in [5.41, 5.74) is 1.63. The second-order valence-corrected chi connectivity index (χ2v) is 11.4. The zero-order valence-corrected chi connectivity index (χ0v) is 26.5. The van der Waals surface area contributed by atoms with Crippen LogP contribution >= 0.6 is 27.3 Å². The average Bonchev–Trinajstić information content (AvgIpc) is 3.24. The van der Waals surface area contributed by atoms with Crippen molar-refractivity contribution in [2.75, 3.05) is 27.4 Å². The van der Waals surface area contributed by atoms with Crippen molar-refractivity contribution in [1.29, 1.82) is 0 Å². The van der Waals surface area contributed by atoms with Gasteiger partial charge in [0.15, 0.2) is 22.9 Å². The molecule has 0 unspecified atom stereocenters. The van der Waals surface area contributed by atoms with Crippen molar-refractivity contribution in [3.8, 4) is 17.2 Å². The standard InChI is InChI=1S/C30H31BrN2O8S/c1-7-39-25(34)15-40-22-10-8-18(12-23(22)38-6)13-24-28(35)33-27(20-14-19(31)9-11-21(20)37-5)26(29(36)41-16(2)3)17(4)32-30(33)42-24/h8-14,16,27H,7,15H2,1-6H3/b24-13-/t27-/m1/s1. The van der Waals surface area contributed by atoms with E-state index < -0.39 is 18.0 Å². The van der Waals surface area contributed by atoms with Crippen LogP contribution < -0.4 is 29.1 Å². The van der Waals surface area contributed by atoms with E-state index in [1.807, 2.05) is 12.1 Å². The fourth-order valence-corrected chi connectivity index (χ4v) is 5.88. The molecule has 222 valence electrons. The Morgan fingerprint density at radius 2 is 1.81 bits per heavy atom. The van der Waals surface area contributed by atoms with Gasteiger partial charge in [-0.25, -0.2) is 14.6 Å². The number of hydrogen-bond acceptors (Lipinski definition) is 10. The van der Waals surface area contributed by atoms with E-state index >= 15 is 0 Å². The number of carbonyl (C=O) groups excluding carboxylic acids is 2. The molecule has 0 bridgehead atoms. The van der Waals surface area contributed by atoms with E-state index in [0.717, 1.165) is 4.47 Å². The number of fused-ring (bicyclic) bond motifs is 1. The first-order chi connectivity index (χ1) is 20.1.